The predicted molar refractivity (Wildman–Crippen MR) is 127 cm³/mol. The van der Waals surface area contributed by atoms with Crippen LogP contribution in [0.3, 0.4) is 0 Å². The molecule has 0 radical (unpaired) electrons. The predicted octanol–water partition coefficient (Wildman–Crippen LogP) is 6.66. The van der Waals surface area contributed by atoms with Gasteiger partial charge >= 0.3 is 0 Å². The number of nitrogens with zero attached hydrogens (tertiary/aromatic N) is 1. The van der Waals surface area contributed by atoms with Gasteiger partial charge in [0, 0.05) is 11.1 Å². The molecule has 8 heteroatoms. The molecule has 32 heavy (non-hydrogen) atoms. The number of imidazole rings is 1. The van der Waals surface area contributed by atoms with Crippen LogP contribution in [0.1, 0.15) is 48.9 Å². The average Bonchev–Trinajstić information content (AvgIpc) is 3.20. The number of H-pyrrole nitrogens is 1. The Kier molecular flexibility index (Phi) is 7.21. The highest BCUT2D eigenvalue weighted by atomic mass is 35.5. The molecular weight excluding hydrogens is 452 g/mol. The summed E-state index contributed by atoms with van der Waals surface area (Å²) in [6.45, 7) is 0. The number of aromatic nitrogens is 2. The van der Waals surface area contributed by atoms with E-state index in [9.17, 15) is 9.18 Å². The number of ether oxygens (including phenoxy) is 1. The van der Waals surface area contributed by atoms with E-state index < -0.39 is 12.2 Å². The number of hydrogen-bond donors (Lipinski definition) is 2. The Morgan fingerprint density at radius 3 is 2.75 bits per heavy atom. The van der Waals surface area contributed by atoms with E-state index in [0.717, 1.165) is 6.42 Å². The second kappa shape index (κ2) is 10.1. The van der Waals surface area contributed by atoms with Crippen molar-refractivity contribution >= 4 is 46.0 Å². The smallest absolute Gasteiger partial charge is 0.201 e. The maximum absolute atomic E-state index is 14.5. The lowest BCUT2D eigenvalue weighted by molar-refractivity contribution is 0.104. The molecule has 0 saturated heterocycles. The highest BCUT2D eigenvalue weighted by molar-refractivity contribution is 6.33. The van der Waals surface area contributed by atoms with Crippen molar-refractivity contribution < 1.29 is 13.9 Å². The van der Waals surface area contributed by atoms with Crippen molar-refractivity contribution in [2.24, 2.45) is 5.92 Å². The number of benzene rings is 1. The summed E-state index contributed by atoms with van der Waals surface area (Å²) in [4.78, 5) is 20.4. The highest BCUT2D eigenvalue weighted by Gasteiger charge is 2.30. The number of rotatable bonds is 7. The molecule has 1 heterocycles. The van der Waals surface area contributed by atoms with Crippen LogP contribution in [0.4, 0.5) is 10.3 Å². The molecule has 0 spiro atoms. The summed E-state index contributed by atoms with van der Waals surface area (Å²) in [7, 11) is 1.52. The van der Waals surface area contributed by atoms with Crippen LogP contribution < -0.4 is 10.1 Å². The molecule has 0 amide bonds. The Labute approximate surface area is 196 Å². The number of allylic oxidation sites excluding steroid dienone is 4. The van der Waals surface area contributed by atoms with Crippen LogP contribution in [0, 0.1) is 5.92 Å². The number of carbonyl (C=O) groups is 1. The summed E-state index contributed by atoms with van der Waals surface area (Å²) in [6.07, 6.45) is 12.4. The quantitative estimate of drug-likeness (QED) is 0.345. The maximum Gasteiger partial charge on any atom is 0.201 e. The normalized spacial score (nSPS) is 22.1. The molecule has 1 aromatic carbocycles. The second-order valence-electron chi connectivity index (χ2n) is 8.29. The molecular formula is C24H26Cl2FN3O2. The number of ketones is 1. The van der Waals surface area contributed by atoms with Gasteiger partial charge in [-0.15, -0.1) is 0 Å². The van der Waals surface area contributed by atoms with Crippen LogP contribution in [-0.4, -0.2) is 35.1 Å². The van der Waals surface area contributed by atoms with Crippen molar-refractivity contribution in [2.75, 3.05) is 12.4 Å². The fourth-order valence-electron chi connectivity index (χ4n) is 4.29. The highest BCUT2D eigenvalue weighted by Crippen LogP contribution is 2.31. The van der Waals surface area contributed by atoms with Gasteiger partial charge in [-0.05, 0) is 36.6 Å². The standard InChI is InChI=1S/C24H26Cl2FN3O2/c1-32-21-13-19-18(12-15(21)20(31)9-5-8-14-6-3-2-4-7-14)28-24(29-19)30-23-17(26)11-10-16(25)22(23)27/h5,9-14,22-23H,2-4,6-8H2,1H3,(H2,28,29,30)/b9-5+. The summed E-state index contributed by atoms with van der Waals surface area (Å²) in [5.74, 6) is 1.31. The maximum atomic E-state index is 14.5. The Balaban J connectivity index is 1.52. The first-order valence-electron chi connectivity index (χ1n) is 10.9. The number of methoxy groups -OCH3 is 1. The van der Waals surface area contributed by atoms with Gasteiger partial charge in [0.15, 0.2) is 12.0 Å². The molecule has 2 aromatic rings. The fraction of sp³-hybridized carbons (Fsp3) is 0.417. The summed E-state index contributed by atoms with van der Waals surface area (Å²) in [5, 5.41) is 3.31. The Morgan fingerprint density at radius 2 is 2.00 bits per heavy atom. The van der Waals surface area contributed by atoms with Gasteiger partial charge in [-0.3, -0.25) is 4.79 Å². The molecule has 0 bridgehead atoms. The lowest BCUT2D eigenvalue weighted by Gasteiger charge is -2.23. The molecule has 170 valence electrons. The van der Waals surface area contributed by atoms with Gasteiger partial charge in [0.1, 0.15) is 11.8 Å². The van der Waals surface area contributed by atoms with Gasteiger partial charge in [0.05, 0.1) is 28.7 Å². The third kappa shape index (κ3) is 5.02. The van der Waals surface area contributed by atoms with Gasteiger partial charge in [0.2, 0.25) is 5.95 Å². The number of halogens is 3. The van der Waals surface area contributed by atoms with Crippen molar-refractivity contribution in [3.63, 3.8) is 0 Å². The van der Waals surface area contributed by atoms with E-state index in [0.29, 0.717) is 39.2 Å². The number of aromatic amines is 1. The van der Waals surface area contributed by atoms with Gasteiger partial charge in [-0.1, -0.05) is 61.4 Å². The minimum Gasteiger partial charge on any atom is -0.496 e. The Morgan fingerprint density at radius 1 is 1.25 bits per heavy atom. The van der Waals surface area contributed by atoms with Crippen LogP contribution in [0.15, 0.2) is 46.5 Å². The van der Waals surface area contributed by atoms with E-state index in [1.54, 1.807) is 24.3 Å². The van der Waals surface area contributed by atoms with Gasteiger partial charge < -0.3 is 15.0 Å². The third-order valence-electron chi connectivity index (χ3n) is 6.08. The van der Waals surface area contributed by atoms with Crippen LogP contribution in [0.25, 0.3) is 11.0 Å². The van der Waals surface area contributed by atoms with Gasteiger partial charge in [-0.2, -0.15) is 0 Å². The Hall–Kier alpha value is -2.31. The van der Waals surface area contributed by atoms with E-state index in [-0.39, 0.29) is 10.8 Å². The van der Waals surface area contributed by atoms with E-state index in [4.69, 9.17) is 27.9 Å². The van der Waals surface area contributed by atoms with Crippen molar-refractivity contribution in [2.45, 2.75) is 50.7 Å². The molecule has 1 aromatic heterocycles. The van der Waals surface area contributed by atoms with E-state index in [2.05, 4.69) is 15.3 Å². The number of carbonyl (C=O) groups excluding carboxylic acids is 1. The average molecular weight is 478 g/mol. The van der Waals surface area contributed by atoms with Gasteiger partial charge in [0.25, 0.3) is 0 Å². The Bertz CT molecular complexity index is 1090. The van der Waals surface area contributed by atoms with Crippen LogP contribution in [0.5, 0.6) is 5.75 Å². The third-order valence-corrected chi connectivity index (χ3v) is 6.77. The first kappa shape index (κ1) is 22.9. The molecule has 4 rings (SSSR count). The zero-order valence-electron chi connectivity index (χ0n) is 17.8. The van der Waals surface area contributed by atoms with Crippen molar-refractivity contribution in [1.82, 2.24) is 9.97 Å². The molecule has 2 aliphatic carbocycles. The lowest BCUT2D eigenvalue weighted by atomic mass is 9.87. The van der Waals surface area contributed by atoms with Crippen LogP contribution in [0.2, 0.25) is 0 Å². The van der Waals surface area contributed by atoms with E-state index >= 15 is 0 Å². The minimum atomic E-state index is -1.48. The molecule has 2 N–H and O–H groups in total. The van der Waals surface area contributed by atoms with Crippen molar-refractivity contribution in [1.29, 1.82) is 0 Å². The summed E-state index contributed by atoms with van der Waals surface area (Å²) in [6, 6.07) is 2.55. The number of nitrogens with one attached hydrogen (secondary N) is 2. The molecule has 2 unspecified atom stereocenters. The molecule has 0 aliphatic heterocycles. The number of anilines is 1. The van der Waals surface area contributed by atoms with Crippen molar-refractivity contribution in [3.05, 3.63) is 52.1 Å². The number of hydrogen-bond acceptors (Lipinski definition) is 4. The van der Waals surface area contributed by atoms with Gasteiger partial charge in [-0.25, -0.2) is 9.37 Å². The lowest BCUT2D eigenvalue weighted by Crippen LogP contribution is -2.33. The molecule has 2 atom stereocenters. The number of fused-ring (bicyclic) bond motifs is 1. The zero-order valence-corrected chi connectivity index (χ0v) is 19.3. The van der Waals surface area contributed by atoms with Crippen molar-refractivity contribution in [3.8, 4) is 5.75 Å². The minimum absolute atomic E-state index is 0.0672. The summed E-state index contributed by atoms with van der Waals surface area (Å²) >= 11 is 12.1. The fourth-order valence-corrected chi connectivity index (χ4v) is 4.71. The summed E-state index contributed by atoms with van der Waals surface area (Å²) in [5.41, 5.74) is 1.66. The van der Waals surface area contributed by atoms with Crippen LogP contribution in [-0.2, 0) is 0 Å². The topological polar surface area (TPSA) is 67.0 Å². The van der Waals surface area contributed by atoms with E-state index in [1.165, 1.54) is 45.3 Å². The molecule has 1 saturated carbocycles. The van der Waals surface area contributed by atoms with E-state index in [1.807, 2.05) is 6.08 Å². The summed E-state index contributed by atoms with van der Waals surface area (Å²) < 4.78 is 19.9. The number of alkyl halides is 1. The zero-order chi connectivity index (χ0) is 22.7. The SMILES string of the molecule is COc1cc2nc(NC3C(Cl)=CC=C(Cl)C3F)[nH]c2cc1C(=O)/C=C/CC1CCCCC1. The molecule has 2 aliphatic rings. The molecule has 5 nitrogen and oxygen atoms in total. The first-order valence-corrected chi connectivity index (χ1v) is 11.6. The molecule has 1 fully saturated rings. The monoisotopic (exact) mass is 477 g/mol. The van der Waals surface area contributed by atoms with Crippen LogP contribution >= 0.6 is 23.2 Å². The largest absolute Gasteiger partial charge is 0.496 e. The second-order valence-corrected chi connectivity index (χ2v) is 9.16. The first-order chi connectivity index (χ1) is 15.5.